The van der Waals surface area contributed by atoms with Gasteiger partial charge in [-0.15, -0.1) is 11.3 Å². The van der Waals surface area contributed by atoms with Crippen LogP contribution < -0.4 is 15.4 Å². The Morgan fingerprint density at radius 2 is 2.21 bits per heavy atom. The Morgan fingerprint density at radius 3 is 2.96 bits per heavy atom. The number of methoxy groups -OCH3 is 1. The third kappa shape index (κ3) is 5.97. The molecule has 0 aliphatic carbocycles. The van der Waals surface area contributed by atoms with E-state index in [9.17, 15) is 0 Å². The van der Waals surface area contributed by atoms with E-state index in [1.165, 1.54) is 29.8 Å². The summed E-state index contributed by atoms with van der Waals surface area (Å²) in [5, 5.41) is 9.09. The molecule has 0 amide bonds. The van der Waals surface area contributed by atoms with E-state index in [4.69, 9.17) is 4.74 Å². The zero-order chi connectivity index (χ0) is 19.8. The van der Waals surface area contributed by atoms with Gasteiger partial charge in [-0.3, -0.25) is 9.89 Å². The summed E-state index contributed by atoms with van der Waals surface area (Å²) >= 11 is 1.85. The quantitative estimate of drug-likeness (QED) is 0.550. The molecule has 0 radical (unpaired) electrons. The fourth-order valence-corrected chi connectivity index (χ4v) is 4.47. The average molecular weight is 401 g/mol. The SMILES string of the molecule is CN=C(NCc1ccc(C)cc1OC)NCC1CCCN(Cc2cccs2)C1. The van der Waals surface area contributed by atoms with Crippen LogP contribution >= 0.6 is 11.3 Å². The van der Waals surface area contributed by atoms with E-state index >= 15 is 0 Å². The van der Waals surface area contributed by atoms with Gasteiger partial charge in [-0.2, -0.15) is 0 Å². The Balaban J connectivity index is 1.46. The van der Waals surface area contributed by atoms with Gasteiger partial charge in [-0.1, -0.05) is 18.2 Å². The van der Waals surface area contributed by atoms with E-state index in [-0.39, 0.29) is 0 Å². The second-order valence-corrected chi connectivity index (χ2v) is 8.48. The highest BCUT2D eigenvalue weighted by Crippen LogP contribution is 2.21. The van der Waals surface area contributed by atoms with Crippen LogP contribution in [0.3, 0.4) is 0 Å². The van der Waals surface area contributed by atoms with Crippen molar-refractivity contribution in [2.24, 2.45) is 10.9 Å². The first-order valence-electron chi connectivity index (χ1n) is 10.0. The minimum Gasteiger partial charge on any atom is -0.496 e. The van der Waals surface area contributed by atoms with Crippen molar-refractivity contribution in [3.8, 4) is 5.75 Å². The normalized spacial score (nSPS) is 18.1. The number of likely N-dealkylation sites (tertiary alicyclic amines) is 1. The Kier molecular flexibility index (Phi) is 7.74. The van der Waals surface area contributed by atoms with Gasteiger partial charge in [0.05, 0.1) is 7.11 Å². The van der Waals surface area contributed by atoms with Crippen LogP contribution in [0, 0.1) is 12.8 Å². The summed E-state index contributed by atoms with van der Waals surface area (Å²) in [6.45, 7) is 7.15. The molecule has 152 valence electrons. The lowest BCUT2D eigenvalue weighted by molar-refractivity contribution is 0.169. The minimum absolute atomic E-state index is 0.654. The van der Waals surface area contributed by atoms with Crippen molar-refractivity contribution in [1.29, 1.82) is 0 Å². The number of hydrogen-bond donors (Lipinski definition) is 2. The molecular formula is C22H32N4OS. The molecule has 1 aromatic heterocycles. The van der Waals surface area contributed by atoms with Crippen LogP contribution in [0.2, 0.25) is 0 Å². The molecule has 6 heteroatoms. The first kappa shape index (κ1) is 20.7. The standard InChI is InChI=1S/C22H32N4OS/c1-17-8-9-19(21(12-17)27-3)14-25-22(23-2)24-13-18-6-4-10-26(15-18)16-20-7-5-11-28-20/h5,7-9,11-12,18H,4,6,10,13-16H2,1-3H3,(H2,23,24,25). The van der Waals surface area contributed by atoms with Gasteiger partial charge < -0.3 is 15.4 Å². The van der Waals surface area contributed by atoms with Crippen molar-refractivity contribution in [3.63, 3.8) is 0 Å². The predicted octanol–water partition coefficient (Wildman–Crippen LogP) is 3.64. The maximum absolute atomic E-state index is 5.50. The number of thiophene rings is 1. The van der Waals surface area contributed by atoms with E-state index < -0.39 is 0 Å². The van der Waals surface area contributed by atoms with Crippen molar-refractivity contribution in [1.82, 2.24) is 15.5 Å². The number of piperidine rings is 1. The molecule has 2 aromatic rings. The molecule has 28 heavy (non-hydrogen) atoms. The Morgan fingerprint density at radius 1 is 1.32 bits per heavy atom. The fraction of sp³-hybridized carbons (Fsp3) is 0.500. The monoisotopic (exact) mass is 400 g/mol. The molecule has 0 saturated carbocycles. The molecule has 3 rings (SSSR count). The van der Waals surface area contributed by atoms with Crippen LogP contribution in [-0.2, 0) is 13.1 Å². The van der Waals surface area contributed by atoms with Crippen molar-refractivity contribution in [2.75, 3.05) is 33.8 Å². The van der Waals surface area contributed by atoms with E-state index in [1.54, 1.807) is 7.11 Å². The van der Waals surface area contributed by atoms with Crippen LogP contribution in [0.25, 0.3) is 0 Å². The minimum atomic E-state index is 0.654. The lowest BCUT2D eigenvalue weighted by Crippen LogP contribution is -2.44. The number of ether oxygens (including phenoxy) is 1. The zero-order valence-electron chi connectivity index (χ0n) is 17.2. The molecule has 0 spiro atoms. The molecular weight excluding hydrogens is 368 g/mol. The zero-order valence-corrected chi connectivity index (χ0v) is 18.0. The number of rotatable bonds is 7. The molecule has 1 aliphatic heterocycles. The lowest BCUT2D eigenvalue weighted by atomic mass is 9.98. The van der Waals surface area contributed by atoms with Gasteiger partial charge in [0, 0.05) is 43.7 Å². The summed E-state index contributed by atoms with van der Waals surface area (Å²) in [6.07, 6.45) is 2.54. The second kappa shape index (κ2) is 10.5. The van der Waals surface area contributed by atoms with Gasteiger partial charge in [0.25, 0.3) is 0 Å². The van der Waals surface area contributed by atoms with Gasteiger partial charge in [0.15, 0.2) is 5.96 Å². The fourth-order valence-electron chi connectivity index (χ4n) is 3.72. The van der Waals surface area contributed by atoms with E-state index in [2.05, 4.69) is 63.2 Å². The molecule has 2 heterocycles. The number of nitrogens with zero attached hydrogens (tertiary/aromatic N) is 2. The van der Waals surface area contributed by atoms with Gasteiger partial charge in [0.2, 0.25) is 0 Å². The largest absolute Gasteiger partial charge is 0.496 e. The van der Waals surface area contributed by atoms with Crippen molar-refractivity contribution in [2.45, 2.75) is 32.9 Å². The second-order valence-electron chi connectivity index (χ2n) is 7.44. The number of aryl methyl sites for hydroxylation is 1. The summed E-state index contributed by atoms with van der Waals surface area (Å²) in [5.74, 6) is 2.42. The van der Waals surface area contributed by atoms with Crippen LogP contribution in [0.1, 0.15) is 28.8 Å². The third-order valence-corrected chi connectivity index (χ3v) is 6.09. The highest BCUT2D eigenvalue weighted by molar-refractivity contribution is 7.09. The third-order valence-electron chi connectivity index (χ3n) is 5.23. The van der Waals surface area contributed by atoms with Gasteiger partial charge in [-0.25, -0.2) is 0 Å². The molecule has 1 aliphatic rings. The Labute approximate surface area is 172 Å². The molecule has 5 nitrogen and oxygen atoms in total. The lowest BCUT2D eigenvalue weighted by Gasteiger charge is -2.32. The van der Waals surface area contributed by atoms with Gasteiger partial charge in [-0.05, 0) is 55.3 Å². The van der Waals surface area contributed by atoms with Crippen LogP contribution in [-0.4, -0.2) is 44.7 Å². The topological polar surface area (TPSA) is 48.9 Å². The van der Waals surface area contributed by atoms with Crippen LogP contribution in [0.15, 0.2) is 40.7 Å². The molecule has 2 N–H and O–H groups in total. The van der Waals surface area contributed by atoms with Gasteiger partial charge >= 0.3 is 0 Å². The van der Waals surface area contributed by atoms with Crippen LogP contribution in [0.4, 0.5) is 0 Å². The number of nitrogens with one attached hydrogen (secondary N) is 2. The number of benzene rings is 1. The first-order valence-corrected chi connectivity index (χ1v) is 10.9. The Bertz CT molecular complexity index is 760. The summed E-state index contributed by atoms with van der Waals surface area (Å²) in [4.78, 5) is 8.42. The summed E-state index contributed by atoms with van der Waals surface area (Å²) < 4.78 is 5.50. The number of guanidine groups is 1. The number of aliphatic imine (C=N–C) groups is 1. The van der Waals surface area contributed by atoms with Crippen molar-refractivity contribution >= 4 is 17.3 Å². The molecule has 1 aromatic carbocycles. The summed E-state index contributed by atoms with van der Waals surface area (Å²) in [7, 11) is 3.54. The van der Waals surface area contributed by atoms with E-state index in [1.807, 2.05) is 18.4 Å². The molecule has 1 fully saturated rings. The highest BCUT2D eigenvalue weighted by atomic mass is 32.1. The Hall–Kier alpha value is -2.05. The summed E-state index contributed by atoms with van der Waals surface area (Å²) in [6, 6.07) is 10.7. The molecule has 1 unspecified atom stereocenters. The van der Waals surface area contributed by atoms with Gasteiger partial charge in [0.1, 0.15) is 5.75 Å². The number of hydrogen-bond acceptors (Lipinski definition) is 4. The summed E-state index contributed by atoms with van der Waals surface area (Å²) in [5.41, 5.74) is 2.34. The average Bonchev–Trinajstić information content (AvgIpc) is 3.22. The van der Waals surface area contributed by atoms with E-state index in [0.29, 0.717) is 12.5 Å². The van der Waals surface area contributed by atoms with Crippen molar-refractivity contribution < 1.29 is 4.74 Å². The smallest absolute Gasteiger partial charge is 0.191 e. The van der Waals surface area contributed by atoms with Crippen LogP contribution in [0.5, 0.6) is 5.75 Å². The molecule has 0 bridgehead atoms. The van der Waals surface area contributed by atoms with Crippen molar-refractivity contribution in [3.05, 3.63) is 51.7 Å². The maximum Gasteiger partial charge on any atom is 0.191 e. The highest BCUT2D eigenvalue weighted by Gasteiger charge is 2.20. The maximum atomic E-state index is 5.50. The van der Waals surface area contributed by atoms with E-state index in [0.717, 1.165) is 36.9 Å². The molecule has 1 atom stereocenters. The molecule has 1 saturated heterocycles. The predicted molar refractivity (Wildman–Crippen MR) is 118 cm³/mol. The first-order chi connectivity index (χ1) is 13.7.